The zero-order valence-electron chi connectivity index (χ0n) is 12.1. The smallest absolute Gasteiger partial charge is 0.321 e. The topological polar surface area (TPSA) is 61.8 Å². The second-order valence-corrected chi connectivity index (χ2v) is 5.50. The summed E-state index contributed by atoms with van der Waals surface area (Å²) in [4.78, 5) is 13.9. The fourth-order valence-electron chi connectivity index (χ4n) is 2.34. The van der Waals surface area contributed by atoms with E-state index in [4.69, 9.17) is 4.74 Å². The maximum atomic E-state index is 12.2. The highest BCUT2D eigenvalue weighted by Gasteiger charge is 2.26. The number of methoxy groups -OCH3 is 1. The molecule has 2 amide bonds. The van der Waals surface area contributed by atoms with Crippen LogP contribution in [0.1, 0.15) is 26.2 Å². The van der Waals surface area contributed by atoms with E-state index in [9.17, 15) is 9.90 Å². The van der Waals surface area contributed by atoms with Crippen LogP contribution in [0.15, 0.2) is 24.3 Å². The minimum Gasteiger partial charge on any atom is -0.497 e. The molecule has 1 atom stereocenters. The minimum absolute atomic E-state index is 0.118. The highest BCUT2D eigenvalue weighted by Crippen LogP contribution is 2.22. The summed E-state index contributed by atoms with van der Waals surface area (Å²) in [6.45, 7) is 3.09. The highest BCUT2D eigenvalue weighted by atomic mass is 16.5. The van der Waals surface area contributed by atoms with Gasteiger partial charge in [0.15, 0.2) is 0 Å². The molecule has 5 heteroatoms. The number of hydrogen-bond acceptors (Lipinski definition) is 3. The number of benzene rings is 1. The number of hydrogen-bond donors (Lipinski definition) is 2. The van der Waals surface area contributed by atoms with Gasteiger partial charge in [-0.1, -0.05) is 0 Å². The number of urea groups is 1. The largest absolute Gasteiger partial charge is 0.497 e. The maximum Gasteiger partial charge on any atom is 0.321 e. The number of carbonyl (C=O) groups is 1. The van der Waals surface area contributed by atoms with Crippen LogP contribution in [0.25, 0.3) is 0 Å². The average Bonchev–Trinajstić information content (AvgIpc) is 2.60. The van der Waals surface area contributed by atoms with Gasteiger partial charge >= 0.3 is 6.03 Å². The minimum atomic E-state index is -0.658. The van der Waals surface area contributed by atoms with Crippen molar-refractivity contribution in [3.63, 3.8) is 0 Å². The third kappa shape index (κ3) is 3.87. The number of amides is 2. The van der Waals surface area contributed by atoms with Gasteiger partial charge in [-0.25, -0.2) is 4.79 Å². The molecule has 0 radical (unpaired) electrons. The predicted octanol–water partition coefficient (Wildman–Crippen LogP) is 2.46. The first-order chi connectivity index (χ1) is 9.50. The maximum absolute atomic E-state index is 12.2. The Morgan fingerprint density at radius 1 is 1.30 bits per heavy atom. The Balaban J connectivity index is 1.93. The molecule has 1 aromatic rings. The summed E-state index contributed by atoms with van der Waals surface area (Å²) in [5.74, 6) is 0.758. The third-order valence-corrected chi connectivity index (χ3v) is 3.69. The van der Waals surface area contributed by atoms with Crippen molar-refractivity contribution in [3.8, 4) is 5.75 Å². The summed E-state index contributed by atoms with van der Waals surface area (Å²) in [5, 5.41) is 12.9. The Bertz CT molecular complexity index is 457. The number of anilines is 1. The van der Waals surface area contributed by atoms with Crippen LogP contribution in [0.2, 0.25) is 0 Å². The van der Waals surface area contributed by atoms with Crippen molar-refractivity contribution in [2.75, 3.05) is 25.5 Å². The van der Waals surface area contributed by atoms with Crippen LogP contribution in [0.4, 0.5) is 10.5 Å². The lowest BCUT2D eigenvalue weighted by atomic mass is 9.98. The Hall–Kier alpha value is -1.75. The third-order valence-electron chi connectivity index (χ3n) is 3.69. The van der Waals surface area contributed by atoms with Gasteiger partial charge in [-0.15, -0.1) is 0 Å². The number of nitrogens with zero attached hydrogens (tertiary/aromatic N) is 1. The summed E-state index contributed by atoms with van der Waals surface area (Å²) in [7, 11) is 1.61. The number of carbonyl (C=O) groups excluding carboxylic acids is 1. The normalized spacial score (nSPS) is 23.1. The van der Waals surface area contributed by atoms with Crippen molar-refractivity contribution in [1.29, 1.82) is 0 Å². The van der Waals surface area contributed by atoms with Gasteiger partial charge in [-0.2, -0.15) is 0 Å². The standard InChI is InChI=1S/C15H22N2O3/c1-15(19)8-3-10-17(11-9-15)14(18)16-12-4-6-13(20-2)7-5-12/h4-7,19H,3,8-11H2,1-2H3,(H,16,18). The molecule has 20 heavy (non-hydrogen) atoms. The molecule has 1 aromatic carbocycles. The van der Waals surface area contributed by atoms with Crippen molar-refractivity contribution >= 4 is 11.7 Å². The van der Waals surface area contributed by atoms with Crippen molar-refractivity contribution in [3.05, 3.63) is 24.3 Å². The van der Waals surface area contributed by atoms with Crippen LogP contribution < -0.4 is 10.1 Å². The fraction of sp³-hybridized carbons (Fsp3) is 0.533. The summed E-state index contributed by atoms with van der Waals surface area (Å²) < 4.78 is 5.08. The number of aliphatic hydroxyl groups is 1. The fourth-order valence-corrected chi connectivity index (χ4v) is 2.34. The predicted molar refractivity (Wildman–Crippen MR) is 78.1 cm³/mol. The number of ether oxygens (including phenoxy) is 1. The lowest BCUT2D eigenvalue weighted by Gasteiger charge is -2.22. The molecule has 1 heterocycles. The first-order valence-corrected chi connectivity index (χ1v) is 6.92. The molecular formula is C15H22N2O3. The first-order valence-electron chi connectivity index (χ1n) is 6.92. The molecule has 5 nitrogen and oxygen atoms in total. The molecule has 1 unspecified atom stereocenters. The second kappa shape index (κ2) is 6.13. The average molecular weight is 278 g/mol. The highest BCUT2D eigenvalue weighted by molar-refractivity contribution is 5.89. The molecule has 1 saturated heterocycles. The molecule has 0 spiro atoms. The van der Waals surface area contributed by atoms with Crippen molar-refractivity contribution in [2.24, 2.45) is 0 Å². The number of rotatable bonds is 2. The van der Waals surface area contributed by atoms with Crippen molar-refractivity contribution < 1.29 is 14.6 Å². The van der Waals surface area contributed by atoms with Gasteiger partial charge in [0.05, 0.1) is 12.7 Å². The van der Waals surface area contributed by atoms with E-state index >= 15 is 0 Å². The summed E-state index contributed by atoms with van der Waals surface area (Å²) in [6.07, 6.45) is 2.17. The van der Waals surface area contributed by atoms with E-state index in [0.29, 0.717) is 19.5 Å². The second-order valence-electron chi connectivity index (χ2n) is 5.50. The van der Waals surface area contributed by atoms with Gasteiger partial charge in [0.25, 0.3) is 0 Å². The van der Waals surface area contributed by atoms with Gasteiger partial charge < -0.3 is 20.1 Å². The Kier molecular flexibility index (Phi) is 4.49. The lowest BCUT2D eigenvalue weighted by Crippen LogP contribution is -2.36. The number of nitrogens with one attached hydrogen (secondary N) is 1. The molecule has 0 aromatic heterocycles. The molecule has 1 aliphatic heterocycles. The zero-order valence-corrected chi connectivity index (χ0v) is 12.1. The van der Waals surface area contributed by atoms with E-state index in [2.05, 4.69) is 5.32 Å². The van der Waals surface area contributed by atoms with Gasteiger partial charge in [0.2, 0.25) is 0 Å². The molecule has 1 aliphatic rings. The summed E-state index contributed by atoms with van der Waals surface area (Å²) >= 11 is 0. The van der Waals surface area contributed by atoms with E-state index in [1.807, 2.05) is 31.2 Å². The molecule has 2 N–H and O–H groups in total. The van der Waals surface area contributed by atoms with Gasteiger partial charge in [-0.3, -0.25) is 0 Å². The van der Waals surface area contributed by atoms with E-state index in [1.54, 1.807) is 12.0 Å². The van der Waals surface area contributed by atoms with Crippen molar-refractivity contribution in [1.82, 2.24) is 4.90 Å². The molecule has 1 fully saturated rings. The SMILES string of the molecule is COc1ccc(NC(=O)N2CCCC(C)(O)CC2)cc1. The Morgan fingerprint density at radius 3 is 2.65 bits per heavy atom. The molecular weight excluding hydrogens is 256 g/mol. The van der Waals surface area contributed by atoms with E-state index < -0.39 is 5.60 Å². The van der Waals surface area contributed by atoms with Gasteiger partial charge in [-0.05, 0) is 50.5 Å². The summed E-state index contributed by atoms with van der Waals surface area (Å²) in [6, 6.07) is 7.12. The van der Waals surface area contributed by atoms with Crippen LogP contribution in [0.3, 0.4) is 0 Å². The molecule has 2 rings (SSSR count). The quantitative estimate of drug-likeness (QED) is 0.873. The molecule has 110 valence electrons. The summed E-state index contributed by atoms with van der Waals surface area (Å²) in [5.41, 5.74) is 0.0848. The number of likely N-dealkylation sites (tertiary alicyclic amines) is 1. The molecule has 0 saturated carbocycles. The van der Waals surface area contributed by atoms with Gasteiger partial charge in [0, 0.05) is 18.8 Å². The Labute approximate surface area is 119 Å². The van der Waals surface area contributed by atoms with Gasteiger partial charge in [0.1, 0.15) is 5.75 Å². The van der Waals surface area contributed by atoms with Crippen LogP contribution in [-0.2, 0) is 0 Å². The van der Waals surface area contributed by atoms with E-state index in [0.717, 1.165) is 24.3 Å². The lowest BCUT2D eigenvalue weighted by molar-refractivity contribution is 0.0458. The van der Waals surface area contributed by atoms with Crippen LogP contribution in [-0.4, -0.2) is 41.8 Å². The first kappa shape index (κ1) is 14.7. The van der Waals surface area contributed by atoms with E-state index in [1.165, 1.54) is 0 Å². The van der Waals surface area contributed by atoms with Crippen LogP contribution >= 0.6 is 0 Å². The van der Waals surface area contributed by atoms with Crippen LogP contribution in [0.5, 0.6) is 5.75 Å². The van der Waals surface area contributed by atoms with E-state index in [-0.39, 0.29) is 6.03 Å². The molecule has 0 aliphatic carbocycles. The Morgan fingerprint density at radius 2 is 2.00 bits per heavy atom. The van der Waals surface area contributed by atoms with Crippen LogP contribution in [0, 0.1) is 0 Å². The van der Waals surface area contributed by atoms with Crippen molar-refractivity contribution in [2.45, 2.75) is 31.8 Å². The zero-order chi connectivity index (χ0) is 14.6. The monoisotopic (exact) mass is 278 g/mol. The molecule has 0 bridgehead atoms.